The van der Waals surface area contributed by atoms with Crippen LogP contribution in [0.25, 0.3) is 0 Å². The highest BCUT2D eigenvalue weighted by molar-refractivity contribution is 7.89. The summed E-state index contributed by atoms with van der Waals surface area (Å²) in [5.74, 6) is 0.706. The maximum Gasteiger partial charge on any atom is 0.244 e. The van der Waals surface area contributed by atoms with Gasteiger partial charge in [0.05, 0.1) is 19.1 Å². The minimum atomic E-state index is -3.81. The number of carbonyl (C=O) groups excluding carboxylic acids is 1. The SMILES string of the molecule is COc1cc(C)c(NC(=O)C2CCCN2S(=O)(=O)c2c(C)cc(C)cc2C)cc1OC. The average Bonchev–Trinajstić information content (AvgIpc) is 3.19. The molecule has 1 fully saturated rings. The second-order valence-corrected chi connectivity index (χ2v) is 9.84. The van der Waals surface area contributed by atoms with Crippen molar-refractivity contribution < 1.29 is 22.7 Å². The van der Waals surface area contributed by atoms with Crippen molar-refractivity contribution in [2.75, 3.05) is 26.1 Å². The zero-order chi connectivity index (χ0) is 22.9. The molecule has 2 aromatic rings. The summed E-state index contributed by atoms with van der Waals surface area (Å²) in [4.78, 5) is 13.4. The van der Waals surface area contributed by atoms with Gasteiger partial charge in [0.15, 0.2) is 11.5 Å². The van der Waals surface area contributed by atoms with Crippen molar-refractivity contribution >= 4 is 21.6 Å². The van der Waals surface area contributed by atoms with Gasteiger partial charge in [-0.05, 0) is 63.3 Å². The summed E-state index contributed by atoms with van der Waals surface area (Å²) in [5, 5.41) is 2.89. The summed E-state index contributed by atoms with van der Waals surface area (Å²) in [6, 6.07) is 6.42. The Bertz CT molecular complexity index is 1090. The van der Waals surface area contributed by atoms with Gasteiger partial charge in [-0.2, -0.15) is 4.31 Å². The van der Waals surface area contributed by atoms with Crippen LogP contribution < -0.4 is 14.8 Å². The molecule has 7 nitrogen and oxygen atoms in total. The standard InChI is InChI=1S/C23H30N2O5S/c1-14-10-16(3)22(17(4)11-14)31(27,28)25-9-7-8-19(25)23(26)24-18-13-21(30-6)20(29-5)12-15(18)2/h10-13,19H,7-9H2,1-6H3,(H,24,26). The highest BCUT2D eigenvalue weighted by Crippen LogP contribution is 2.34. The van der Waals surface area contributed by atoms with E-state index in [1.54, 1.807) is 33.1 Å². The number of hydrogen-bond donors (Lipinski definition) is 1. The predicted molar refractivity (Wildman–Crippen MR) is 120 cm³/mol. The Balaban J connectivity index is 1.91. The molecular weight excluding hydrogens is 416 g/mol. The minimum absolute atomic E-state index is 0.292. The maximum absolute atomic E-state index is 13.5. The molecule has 168 valence electrons. The van der Waals surface area contributed by atoms with Crippen molar-refractivity contribution in [3.8, 4) is 11.5 Å². The highest BCUT2D eigenvalue weighted by atomic mass is 32.2. The first-order chi connectivity index (χ1) is 14.6. The Morgan fingerprint density at radius 1 is 0.968 bits per heavy atom. The number of ether oxygens (including phenoxy) is 2. The first kappa shape index (κ1) is 23.1. The van der Waals surface area contributed by atoms with Crippen LogP contribution in [-0.2, 0) is 14.8 Å². The smallest absolute Gasteiger partial charge is 0.244 e. The van der Waals surface area contributed by atoms with Crippen molar-refractivity contribution in [3.05, 3.63) is 46.5 Å². The Hall–Kier alpha value is -2.58. The third-order valence-electron chi connectivity index (χ3n) is 5.67. The first-order valence-electron chi connectivity index (χ1n) is 10.2. The van der Waals surface area contributed by atoms with Crippen LogP contribution in [0, 0.1) is 27.7 Å². The van der Waals surface area contributed by atoms with Crippen molar-refractivity contribution in [1.82, 2.24) is 4.31 Å². The summed E-state index contributed by atoms with van der Waals surface area (Å²) < 4.78 is 39.0. The second-order valence-electron chi connectivity index (χ2n) is 8.01. The van der Waals surface area contributed by atoms with Gasteiger partial charge in [0, 0.05) is 18.3 Å². The zero-order valence-electron chi connectivity index (χ0n) is 18.9. The van der Waals surface area contributed by atoms with Crippen molar-refractivity contribution in [1.29, 1.82) is 0 Å². The summed E-state index contributed by atoms with van der Waals surface area (Å²) in [6.07, 6.45) is 1.10. The van der Waals surface area contributed by atoms with Crippen LogP contribution in [0.15, 0.2) is 29.2 Å². The van der Waals surface area contributed by atoms with E-state index in [2.05, 4.69) is 5.32 Å². The number of rotatable bonds is 6. The van der Waals surface area contributed by atoms with Gasteiger partial charge in [-0.25, -0.2) is 8.42 Å². The summed E-state index contributed by atoms with van der Waals surface area (Å²) in [5.41, 5.74) is 3.76. The molecule has 1 aliphatic rings. The van der Waals surface area contributed by atoms with Crippen molar-refractivity contribution in [2.24, 2.45) is 0 Å². The molecule has 3 rings (SSSR count). The van der Waals surface area contributed by atoms with E-state index in [4.69, 9.17) is 9.47 Å². The molecule has 2 aromatic carbocycles. The fourth-order valence-electron chi connectivity index (χ4n) is 4.31. The molecule has 0 bridgehead atoms. The number of carbonyl (C=O) groups is 1. The Labute approximate surface area is 184 Å². The summed E-state index contributed by atoms with van der Waals surface area (Å²) >= 11 is 0. The van der Waals surface area contributed by atoms with E-state index in [1.807, 2.05) is 26.0 Å². The fraction of sp³-hybridized carbons (Fsp3) is 0.435. The Morgan fingerprint density at radius 3 is 2.13 bits per heavy atom. The lowest BCUT2D eigenvalue weighted by Crippen LogP contribution is -2.43. The monoisotopic (exact) mass is 446 g/mol. The molecule has 1 saturated heterocycles. The number of benzene rings is 2. The van der Waals surface area contributed by atoms with Gasteiger partial charge in [0.1, 0.15) is 6.04 Å². The third-order valence-corrected chi connectivity index (χ3v) is 7.88. The van der Waals surface area contributed by atoms with E-state index in [1.165, 1.54) is 11.4 Å². The van der Waals surface area contributed by atoms with Gasteiger partial charge < -0.3 is 14.8 Å². The Morgan fingerprint density at radius 2 is 1.55 bits per heavy atom. The zero-order valence-corrected chi connectivity index (χ0v) is 19.7. The lowest BCUT2D eigenvalue weighted by Gasteiger charge is -2.25. The number of aryl methyl sites for hydroxylation is 4. The predicted octanol–water partition coefficient (Wildman–Crippen LogP) is 3.73. The molecule has 0 spiro atoms. The number of anilines is 1. The van der Waals surface area contributed by atoms with Gasteiger partial charge in [-0.1, -0.05) is 17.7 Å². The van der Waals surface area contributed by atoms with E-state index in [0.29, 0.717) is 52.6 Å². The molecule has 1 aliphatic heterocycles. The first-order valence-corrected chi connectivity index (χ1v) is 11.7. The molecule has 0 saturated carbocycles. The third kappa shape index (κ3) is 4.41. The summed E-state index contributed by atoms with van der Waals surface area (Å²) in [7, 11) is -0.737. The van der Waals surface area contributed by atoms with E-state index in [-0.39, 0.29) is 5.91 Å². The topological polar surface area (TPSA) is 84.9 Å². The molecular formula is C23H30N2O5S. The molecule has 0 aromatic heterocycles. The number of nitrogens with zero attached hydrogens (tertiary/aromatic N) is 1. The number of sulfonamides is 1. The van der Waals surface area contributed by atoms with Gasteiger partial charge in [-0.15, -0.1) is 0 Å². The van der Waals surface area contributed by atoms with E-state index in [9.17, 15) is 13.2 Å². The largest absolute Gasteiger partial charge is 0.493 e. The van der Waals surface area contributed by atoms with Crippen LogP contribution >= 0.6 is 0 Å². The van der Waals surface area contributed by atoms with Crippen molar-refractivity contribution in [3.63, 3.8) is 0 Å². The number of amides is 1. The van der Waals surface area contributed by atoms with Gasteiger partial charge in [-0.3, -0.25) is 4.79 Å². The molecule has 1 heterocycles. The molecule has 1 N–H and O–H groups in total. The van der Waals surface area contributed by atoms with Gasteiger partial charge in [0.25, 0.3) is 0 Å². The van der Waals surface area contributed by atoms with E-state index >= 15 is 0 Å². The molecule has 1 atom stereocenters. The van der Waals surface area contributed by atoms with Crippen LogP contribution in [0.1, 0.15) is 35.1 Å². The number of nitrogens with one attached hydrogen (secondary N) is 1. The summed E-state index contributed by atoms with van der Waals surface area (Å²) in [6.45, 7) is 7.70. The van der Waals surface area contributed by atoms with E-state index < -0.39 is 16.1 Å². The van der Waals surface area contributed by atoms with Crippen LogP contribution in [-0.4, -0.2) is 45.4 Å². The molecule has 1 amide bonds. The molecule has 8 heteroatoms. The minimum Gasteiger partial charge on any atom is -0.493 e. The lowest BCUT2D eigenvalue weighted by molar-refractivity contribution is -0.119. The van der Waals surface area contributed by atoms with Crippen LogP contribution in [0.2, 0.25) is 0 Å². The molecule has 0 radical (unpaired) electrons. The average molecular weight is 447 g/mol. The van der Waals surface area contributed by atoms with E-state index in [0.717, 1.165) is 11.1 Å². The number of methoxy groups -OCH3 is 2. The van der Waals surface area contributed by atoms with Gasteiger partial charge in [0.2, 0.25) is 15.9 Å². The quantitative estimate of drug-likeness (QED) is 0.731. The highest BCUT2D eigenvalue weighted by Gasteiger charge is 2.40. The van der Waals surface area contributed by atoms with Crippen LogP contribution in [0.4, 0.5) is 5.69 Å². The lowest BCUT2D eigenvalue weighted by atomic mass is 10.1. The Kier molecular flexibility index (Phi) is 6.62. The molecule has 31 heavy (non-hydrogen) atoms. The van der Waals surface area contributed by atoms with Gasteiger partial charge >= 0.3 is 0 Å². The van der Waals surface area contributed by atoms with Crippen LogP contribution in [0.5, 0.6) is 11.5 Å². The van der Waals surface area contributed by atoms with Crippen LogP contribution in [0.3, 0.4) is 0 Å². The normalized spacial score (nSPS) is 16.9. The van der Waals surface area contributed by atoms with Crippen molar-refractivity contribution in [2.45, 2.75) is 51.5 Å². The second kappa shape index (κ2) is 8.88. The molecule has 1 unspecified atom stereocenters. The molecule has 0 aliphatic carbocycles. The number of hydrogen-bond acceptors (Lipinski definition) is 5. The fourth-order valence-corrected chi connectivity index (χ4v) is 6.38. The maximum atomic E-state index is 13.5.